The van der Waals surface area contributed by atoms with E-state index in [0.29, 0.717) is 5.56 Å². The molecule has 5 heteroatoms. The molecule has 4 N–H and O–H groups in total. The van der Waals surface area contributed by atoms with Crippen molar-refractivity contribution in [1.29, 1.82) is 0 Å². The lowest BCUT2D eigenvalue weighted by molar-refractivity contribution is 0.121. The van der Waals surface area contributed by atoms with E-state index in [1.807, 2.05) is 0 Å². The lowest BCUT2D eigenvalue weighted by Gasteiger charge is -2.41. The molecule has 0 saturated heterocycles. The topological polar surface area (TPSA) is 58.3 Å². The summed E-state index contributed by atoms with van der Waals surface area (Å²) in [4.78, 5) is 0. The van der Waals surface area contributed by atoms with E-state index in [1.54, 1.807) is 0 Å². The van der Waals surface area contributed by atoms with Gasteiger partial charge in [0, 0.05) is 24.2 Å². The molecule has 1 aliphatic carbocycles. The maximum absolute atomic E-state index is 13.5. The summed E-state index contributed by atoms with van der Waals surface area (Å²) in [6.45, 7) is 11.1. The van der Waals surface area contributed by atoms with Gasteiger partial charge in [-0.3, -0.25) is 0 Å². The second kappa shape index (κ2) is 9.82. The number of hydrogen-bond acceptors (Lipinski definition) is 3. The van der Waals surface area contributed by atoms with Crippen molar-refractivity contribution in [3.63, 3.8) is 0 Å². The van der Waals surface area contributed by atoms with Crippen LogP contribution in [0.15, 0.2) is 54.6 Å². The van der Waals surface area contributed by atoms with E-state index in [0.717, 1.165) is 31.7 Å². The number of aliphatic hydroxyl groups excluding tert-OH is 1. The van der Waals surface area contributed by atoms with Gasteiger partial charge in [-0.1, -0.05) is 57.2 Å². The third-order valence-corrected chi connectivity index (χ3v) is 6.50. The molecule has 1 aliphatic rings. The van der Waals surface area contributed by atoms with E-state index in [1.165, 1.54) is 28.8 Å². The molecule has 3 atom stereocenters. The number of nitrogens with two attached hydrogens (primary N) is 1. The molecule has 0 spiro atoms. The van der Waals surface area contributed by atoms with Crippen LogP contribution in [0.5, 0.6) is 0 Å². The Bertz CT molecular complexity index is 933. The number of aliphatic hydroxyl groups is 1. The molecule has 3 nitrogen and oxygen atoms in total. The summed E-state index contributed by atoms with van der Waals surface area (Å²) in [5, 5.41) is 14.4. The van der Waals surface area contributed by atoms with Crippen LogP contribution in [0.3, 0.4) is 0 Å². The second-order valence-corrected chi connectivity index (χ2v) is 10.3. The quantitative estimate of drug-likeness (QED) is 0.523. The summed E-state index contributed by atoms with van der Waals surface area (Å²) in [7, 11) is 0. The molecule has 32 heavy (non-hydrogen) atoms. The predicted octanol–water partition coefficient (Wildman–Crippen LogP) is 5.11. The van der Waals surface area contributed by atoms with Crippen molar-refractivity contribution < 1.29 is 13.9 Å². The molecular weight excluding hydrogens is 406 g/mol. The fourth-order valence-corrected chi connectivity index (χ4v) is 4.61. The summed E-state index contributed by atoms with van der Waals surface area (Å²) >= 11 is 0. The molecule has 0 heterocycles. The van der Waals surface area contributed by atoms with E-state index in [-0.39, 0.29) is 23.9 Å². The fraction of sp³-hybridized carbons (Fsp3) is 0.481. The second-order valence-electron chi connectivity index (χ2n) is 10.3. The summed E-state index contributed by atoms with van der Waals surface area (Å²) in [6, 6.07) is 11.3. The molecule has 0 aromatic heterocycles. The number of hydrogen-bond donors (Lipinski definition) is 3. The van der Waals surface area contributed by atoms with Gasteiger partial charge in [-0.15, -0.1) is 0 Å². The minimum absolute atomic E-state index is 0.0327. The smallest absolute Gasteiger partial charge is 0.126 e. The van der Waals surface area contributed by atoms with E-state index >= 15 is 0 Å². The van der Waals surface area contributed by atoms with Gasteiger partial charge in [0.1, 0.15) is 11.6 Å². The molecular formula is C27H36F2N2O. The highest BCUT2D eigenvalue weighted by Gasteiger charge is 2.36. The molecule has 2 aromatic carbocycles. The lowest BCUT2D eigenvalue weighted by atomic mass is 9.73. The lowest BCUT2D eigenvalue weighted by Crippen LogP contribution is -2.51. The minimum atomic E-state index is -0.862. The molecule has 2 aromatic rings. The Labute approximate surface area is 190 Å². The highest BCUT2D eigenvalue weighted by Crippen LogP contribution is 2.40. The van der Waals surface area contributed by atoms with Crippen molar-refractivity contribution in [2.45, 2.75) is 76.0 Å². The van der Waals surface area contributed by atoms with Gasteiger partial charge in [-0.2, -0.15) is 0 Å². The van der Waals surface area contributed by atoms with Gasteiger partial charge >= 0.3 is 0 Å². The van der Waals surface area contributed by atoms with Crippen molar-refractivity contribution in [1.82, 2.24) is 5.32 Å². The summed E-state index contributed by atoms with van der Waals surface area (Å²) in [5.41, 5.74) is 10.0. The first-order valence-electron chi connectivity index (χ1n) is 11.4. The standard InChI is InChI=1S/C27H36F2N2O/c1-18-7-6-10-27(16-18,21-9-5-8-20(14-21)26(2,3)4)31-17-25(32)24(30)13-19-11-22(28)15-23(29)12-19/h5,8-9,11-12,14-15,24-25,31-32H,1,6-7,10,13,16-17,30H2,2-4H3/t24-,25+,27?/m0/s1. The van der Waals surface area contributed by atoms with Gasteiger partial charge in [0.15, 0.2) is 0 Å². The zero-order valence-electron chi connectivity index (χ0n) is 19.4. The molecule has 174 valence electrons. The maximum Gasteiger partial charge on any atom is 0.126 e. The van der Waals surface area contributed by atoms with Crippen molar-refractivity contribution >= 4 is 0 Å². The van der Waals surface area contributed by atoms with Crippen molar-refractivity contribution in [2.75, 3.05) is 6.54 Å². The average Bonchev–Trinajstić information content (AvgIpc) is 2.70. The number of benzene rings is 2. The molecule has 0 aliphatic heterocycles. The molecule has 1 saturated carbocycles. The van der Waals surface area contributed by atoms with E-state index < -0.39 is 23.8 Å². The van der Waals surface area contributed by atoms with Crippen LogP contribution in [-0.2, 0) is 17.4 Å². The number of nitrogens with one attached hydrogen (secondary N) is 1. The molecule has 0 amide bonds. The van der Waals surface area contributed by atoms with Gasteiger partial charge in [0.2, 0.25) is 0 Å². The van der Waals surface area contributed by atoms with Gasteiger partial charge in [-0.25, -0.2) is 8.78 Å². The Balaban J connectivity index is 1.77. The summed E-state index contributed by atoms with van der Waals surface area (Å²) in [5.74, 6) is -1.28. The minimum Gasteiger partial charge on any atom is -0.390 e. The van der Waals surface area contributed by atoms with Crippen LogP contribution in [0.2, 0.25) is 0 Å². The number of halogens is 2. The van der Waals surface area contributed by atoms with Crippen molar-refractivity contribution in [2.24, 2.45) is 5.73 Å². The average molecular weight is 443 g/mol. The molecule has 1 unspecified atom stereocenters. The molecule has 0 bridgehead atoms. The number of rotatable bonds is 7. The first-order valence-corrected chi connectivity index (χ1v) is 11.4. The van der Waals surface area contributed by atoms with Gasteiger partial charge in [-0.05, 0) is 66.3 Å². The van der Waals surface area contributed by atoms with Crippen LogP contribution in [0.25, 0.3) is 0 Å². The Morgan fingerprint density at radius 3 is 2.47 bits per heavy atom. The highest BCUT2D eigenvalue weighted by molar-refractivity contribution is 5.35. The van der Waals surface area contributed by atoms with Crippen LogP contribution < -0.4 is 11.1 Å². The van der Waals surface area contributed by atoms with Gasteiger partial charge in [0.25, 0.3) is 0 Å². The van der Waals surface area contributed by atoms with Crippen LogP contribution in [0, 0.1) is 11.6 Å². The summed E-state index contributed by atoms with van der Waals surface area (Å²) < 4.78 is 27.0. The van der Waals surface area contributed by atoms with Gasteiger partial charge < -0.3 is 16.2 Å². The predicted molar refractivity (Wildman–Crippen MR) is 126 cm³/mol. The van der Waals surface area contributed by atoms with E-state index in [2.05, 4.69) is 56.9 Å². The van der Waals surface area contributed by atoms with Crippen LogP contribution in [-0.4, -0.2) is 23.8 Å². The molecule has 0 radical (unpaired) electrons. The first kappa shape index (κ1) is 24.6. The van der Waals surface area contributed by atoms with Crippen LogP contribution in [0.1, 0.15) is 63.1 Å². The first-order chi connectivity index (χ1) is 15.0. The van der Waals surface area contributed by atoms with E-state index in [4.69, 9.17) is 5.73 Å². The van der Waals surface area contributed by atoms with Crippen LogP contribution >= 0.6 is 0 Å². The highest BCUT2D eigenvalue weighted by atomic mass is 19.1. The maximum atomic E-state index is 13.5. The Morgan fingerprint density at radius 2 is 1.84 bits per heavy atom. The van der Waals surface area contributed by atoms with Crippen LogP contribution in [0.4, 0.5) is 8.78 Å². The fourth-order valence-electron chi connectivity index (χ4n) is 4.61. The van der Waals surface area contributed by atoms with E-state index in [9.17, 15) is 13.9 Å². The monoisotopic (exact) mass is 442 g/mol. The Morgan fingerprint density at radius 1 is 1.16 bits per heavy atom. The largest absolute Gasteiger partial charge is 0.390 e. The molecule has 1 fully saturated rings. The zero-order valence-corrected chi connectivity index (χ0v) is 19.4. The molecule has 3 rings (SSSR count). The summed E-state index contributed by atoms with van der Waals surface area (Å²) in [6.07, 6.45) is 3.11. The Hall–Kier alpha value is -2.08. The van der Waals surface area contributed by atoms with Crippen molar-refractivity contribution in [3.05, 3.63) is 82.9 Å². The SMILES string of the molecule is C=C1CCCC(NC[C@@H](O)[C@@H](N)Cc2cc(F)cc(F)c2)(c2cccc(C(C)(C)C)c2)C1. The van der Waals surface area contributed by atoms with Gasteiger partial charge in [0.05, 0.1) is 6.10 Å². The Kier molecular flexibility index (Phi) is 7.53. The van der Waals surface area contributed by atoms with Crippen molar-refractivity contribution in [3.8, 4) is 0 Å². The zero-order chi connectivity index (χ0) is 23.5. The third kappa shape index (κ3) is 6.03. The third-order valence-electron chi connectivity index (χ3n) is 6.50. The normalized spacial score (nSPS) is 21.4.